The van der Waals surface area contributed by atoms with Crippen LogP contribution in [0.25, 0.3) is 27.6 Å². The van der Waals surface area contributed by atoms with Crippen molar-refractivity contribution >= 4 is 39.6 Å². The first-order valence-corrected chi connectivity index (χ1v) is 14.7. The van der Waals surface area contributed by atoms with Gasteiger partial charge in [0.15, 0.2) is 11.6 Å². The Hall–Kier alpha value is -5.42. The van der Waals surface area contributed by atoms with Crippen molar-refractivity contribution in [1.29, 1.82) is 0 Å². The van der Waals surface area contributed by atoms with Gasteiger partial charge in [-0.3, -0.25) is 9.59 Å². The lowest BCUT2D eigenvalue weighted by molar-refractivity contribution is 0.0787. The highest BCUT2D eigenvalue weighted by atomic mass is 19.1. The normalized spacial score (nSPS) is 13.6. The van der Waals surface area contributed by atoms with Gasteiger partial charge in [0.05, 0.1) is 33.4 Å². The van der Waals surface area contributed by atoms with Gasteiger partial charge in [-0.2, -0.15) is 5.10 Å². The van der Waals surface area contributed by atoms with Crippen molar-refractivity contribution in [2.24, 2.45) is 0 Å². The van der Waals surface area contributed by atoms with E-state index < -0.39 is 23.7 Å². The van der Waals surface area contributed by atoms with Crippen molar-refractivity contribution in [2.45, 2.75) is 40.0 Å². The molecule has 3 aromatic heterocycles. The van der Waals surface area contributed by atoms with Gasteiger partial charge in [0.1, 0.15) is 24.5 Å². The Kier molecular flexibility index (Phi) is 7.09. The van der Waals surface area contributed by atoms with Crippen molar-refractivity contribution in [3.63, 3.8) is 0 Å². The van der Waals surface area contributed by atoms with Gasteiger partial charge in [0.25, 0.3) is 11.8 Å². The summed E-state index contributed by atoms with van der Waals surface area (Å²) in [4.78, 5) is 37.5. The van der Waals surface area contributed by atoms with Crippen molar-refractivity contribution in [1.82, 2.24) is 24.3 Å². The maximum absolute atomic E-state index is 14.3. The first-order valence-electron chi connectivity index (χ1n) is 14.7. The Morgan fingerprint density at radius 1 is 0.933 bits per heavy atom. The molecule has 2 amide bonds. The maximum atomic E-state index is 14.3. The molecule has 1 atom stereocenters. The van der Waals surface area contributed by atoms with Gasteiger partial charge >= 0.3 is 0 Å². The molecule has 226 valence electrons. The number of anilines is 1. The van der Waals surface area contributed by atoms with E-state index in [0.717, 1.165) is 39.4 Å². The molecule has 0 bridgehead atoms. The second-order valence-electron chi connectivity index (χ2n) is 10.9. The molecule has 4 heterocycles. The number of carbonyl (C=O) groups is 2. The van der Waals surface area contributed by atoms with Crippen LogP contribution in [0.2, 0.25) is 0 Å². The van der Waals surface area contributed by atoms with Gasteiger partial charge in [0.2, 0.25) is 0 Å². The van der Waals surface area contributed by atoms with Crippen LogP contribution in [0.5, 0.6) is 5.75 Å². The number of hydrogen-bond donors (Lipinski definition) is 0. The van der Waals surface area contributed by atoms with Crippen molar-refractivity contribution in [2.75, 3.05) is 11.5 Å². The molecule has 1 aliphatic rings. The molecule has 1 unspecified atom stereocenters. The molecular weight excluding hydrogens is 575 g/mol. The second kappa shape index (κ2) is 11.3. The van der Waals surface area contributed by atoms with E-state index in [9.17, 15) is 14.0 Å². The van der Waals surface area contributed by atoms with Crippen LogP contribution < -0.4 is 9.64 Å². The molecule has 7 rings (SSSR count). The van der Waals surface area contributed by atoms with Crippen molar-refractivity contribution in [3.8, 4) is 11.4 Å². The molecular formula is C34H29FN6O4. The molecule has 0 spiro atoms. The zero-order valence-corrected chi connectivity index (χ0v) is 24.9. The summed E-state index contributed by atoms with van der Waals surface area (Å²) in [7, 11) is 0. The van der Waals surface area contributed by atoms with E-state index in [-0.39, 0.29) is 22.7 Å². The summed E-state index contributed by atoms with van der Waals surface area (Å²) in [6.45, 7) is 6.80. The summed E-state index contributed by atoms with van der Waals surface area (Å²) in [5, 5.41) is 4.92. The summed E-state index contributed by atoms with van der Waals surface area (Å²) >= 11 is 0. The third-order valence-corrected chi connectivity index (χ3v) is 7.88. The lowest BCUT2D eigenvalue weighted by atomic mass is 10.1. The minimum atomic E-state index is -0.643. The lowest BCUT2D eigenvalue weighted by Crippen LogP contribution is -2.31. The Labute approximate surface area is 257 Å². The van der Waals surface area contributed by atoms with Crippen LogP contribution >= 0.6 is 0 Å². The Morgan fingerprint density at radius 3 is 2.42 bits per heavy atom. The summed E-state index contributed by atoms with van der Waals surface area (Å²) in [5.74, 6) is -0.483. The Balaban J connectivity index is 1.36. The third kappa shape index (κ3) is 4.91. The minimum absolute atomic E-state index is 0.0303. The van der Waals surface area contributed by atoms with Gasteiger partial charge in [-0.1, -0.05) is 19.1 Å². The number of nitrogens with zero attached hydrogens (tertiary/aromatic N) is 6. The fourth-order valence-corrected chi connectivity index (χ4v) is 5.70. The lowest BCUT2D eigenvalue weighted by Gasteiger charge is -2.23. The number of fused-ring (bicyclic) bond motifs is 3. The number of imidazole rings is 1. The SMILES string of the molecule is CCCOCn1c(C)nc2cc(-n3cccn3)c(C(C)Oc3cc4cc(F)ccc4nc3N3C(=O)c4ccccc4C3=O)cc21. The molecule has 0 N–H and O–H groups in total. The van der Waals surface area contributed by atoms with Crippen LogP contribution in [-0.4, -0.2) is 42.7 Å². The van der Waals surface area contributed by atoms with E-state index in [2.05, 4.69) is 17.0 Å². The number of halogens is 1. The number of hydrogen-bond acceptors (Lipinski definition) is 7. The van der Waals surface area contributed by atoms with Gasteiger partial charge in [-0.15, -0.1) is 0 Å². The molecule has 0 saturated heterocycles. The fraction of sp³-hybridized carbons (Fsp3) is 0.206. The van der Waals surface area contributed by atoms with Crippen LogP contribution in [0, 0.1) is 12.7 Å². The van der Waals surface area contributed by atoms with E-state index >= 15 is 0 Å². The number of aryl methyl sites for hydroxylation is 1. The molecule has 11 heteroatoms. The van der Waals surface area contributed by atoms with Gasteiger partial charge in [-0.25, -0.2) is 23.9 Å². The number of imide groups is 1. The fourth-order valence-electron chi connectivity index (χ4n) is 5.70. The molecule has 45 heavy (non-hydrogen) atoms. The largest absolute Gasteiger partial charge is 0.482 e. The van der Waals surface area contributed by atoms with Gasteiger partial charge in [-0.05, 0) is 74.9 Å². The summed E-state index contributed by atoms with van der Waals surface area (Å²) in [5.41, 5.74) is 4.09. The molecule has 10 nitrogen and oxygen atoms in total. The average molecular weight is 605 g/mol. The summed E-state index contributed by atoms with van der Waals surface area (Å²) < 4.78 is 30.5. The van der Waals surface area contributed by atoms with Crippen molar-refractivity contribution in [3.05, 3.63) is 107 Å². The van der Waals surface area contributed by atoms with Crippen molar-refractivity contribution < 1.29 is 23.5 Å². The molecule has 6 aromatic rings. The Bertz CT molecular complexity index is 2070. The zero-order chi connectivity index (χ0) is 31.2. The standard InChI is InChI=1S/C34H29FN6O4/c1-4-14-44-19-39-21(3)37-28-18-29(40-13-7-12-36-40)26(17-30(28)39)20(2)45-31-16-22-15-23(35)10-11-27(22)38-32(31)41-33(42)24-8-5-6-9-25(24)34(41)43/h5-13,15-18,20H,4,14,19H2,1-3H3. The molecule has 1 aliphatic heterocycles. The molecule has 3 aromatic carbocycles. The number of rotatable bonds is 9. The predicted molar refractivity (Wildman–Crippen MR) is 166 cm³/mol. The van der Waals surface area contributed by atoms with Crippen LogP contribution in [0.4, 0.5) is 10.2 Å². The minimum Gasteiger partial charge on any atom is -0.482 e. The van der Waals surface area contributed by atoms with Crippen LogP contribution in [-0.2, 0) is 11.5 Å². The topological polar surface area (TPSA) is 104 Å². The quantitative estimate of drug-likeness (QED) is 0.136. The Morgan fingerprint density at radius 2 is 1.71 bits per heavy atom. The molecule has 0 fully saturated rings. The number of carbonyl (C=O) groups excluding carboxylic acids is 2. The van der Waals surface area contributed by atoms with Crippen LogP contribution in [0.15, 0.2) is 79.1 Å². The molecule has 0 radical (unpaired) electrons. The zero-order valence-electron chi connectivity index (χ0n) is 24.9. The average Bonchev–Trinajstić information content (AvgIpc) is 3.74. The summed E-state index contributed by atoms with van der Waals surface area (Å²) in [6, 6.07) is 18.1. The predicted octanol–water partition coefficient (Wildman–Crippen LogP) is 6.54. The van der Waals surface area contributed by atoms with E-state index in [1.807, 2.05) is 42.8 Å². The van der Waals surface area contributed by atoms with E-state index in [0.29, 0.717) is 24.2 Å². The number of pyridine rings is 1. The van der Waals surface area contributed by atoms with E-state index in [1.165, 1.54) is 18.2 Å². The highest BCUT2D eigenvalue weighted by molar-refractivity contribution is 6.34. The number of aromatic nitrogens is 5. The van der Waals surface area contributed by atoms with Crippen LogP contribution in [0.3, 0.4) is 0 Å². The molecule has 0 aliphatic carbocycles. The van der Waals surface area contributed by atoms with E-state index in [1.54, 1.807) is 41.2 Å². The van der Waals surface area contributed by atoms with E-state index in [4.69, 9.17) is 14.5 Å². The molecule has 0 saturated carbocycles. The monoisotopic (exact) mass is 604 g/mol. The smallest absolute Gasteiger partial charge is 0.267 e. The van der Waals surface area contributed by atoms with Gasteiger partial charge in [0, 0.05) is 30.0 Å². The highest BCUT2D eigenvalue weighted by Gasteiger charge is 2.39. The number of amides is 2. The highest BCUT2D eigenvalue weighted by Crippen LogP contribution is 2.39. The first-order chi connectivity index (χ1) is 21.8. The first kappa shape index (κ1) is 28.4. The summed E-state index contributed by atoms with van der Waals surface area (Å²) in [6.07, 6.45) is 3.76. The number of ether oxygens (including phenoxy) is 2. The van der Waals surface area contributed by atoms with Crippen LogP contribution in [0.1, 0.15) is 58.5 Å². The second-order valence-corrected chi connectivity index (χ2v) is 10.9. The number of benzene rings is 3. The third-order valence-electron chi connectivity index (χ3n) is 7.88. The maximum Gasteiger partial charge on any atom is 0.267 e. The van der Waals surface area contributed by atoms with Gasteiger partial charge < -0.3 is 14.0 Å².